The summed E-state index contributed by atoms with van der Waals surface area (Å²) in [5.74, 6) is -0.244. The number of carbonyl (C=O) groups excluding carboxylic acids is 1. The lowest BCUT2D eigenvalue weighted by Crippen LogP contribution is -2.43. The minimum absolute atomic E-state index is 0.00804. The lowest BCUT2D eigenvalue weighted by molar-refractivity contribution is -0.121. The van der Waals surface area contributed by atoms with Gasteiger partial charge in [0.05, 0.1) is 0 Å². The molecule has 5 heteroatoms. The Hall–Kier alpha value is -2.24. The van der Waals surface area contributed by atoms with Gasteiger partial charge in [0.2, 0.25) is 5.91 Å². The molecule has 1 saturated heterocycles. The molecule has 2 aromatic rings. The molecule has 0 radical (unpaired) electrons. The highest BCUT2D eigenvalue weighted by atomic mass is 19.1. The molecule has 1 heterocycles. The van der Waals surface area contributed by atoms with Gasteiger partial charge in [0, 0.05) is 30.2 Å². The van der Waals surface area contributed by atoms with Crippen molar-refractivity contribution in [2.24, 2.45) is 11.3 Å². The first-order chi connectivity index (χ1) is 13.4. The topological polar surface area (TPSA) is 52.6 Å². The fraction of sp³-hybridized carbons (Fsp3) is 0.435. The Morgan fingerprint density at radius 3 is 2.43 bits per heavy atom. The van der Waals surface area contributed by atoms with E-state index in [1.54, 1.807) is 6.07 Å². The minimum atomic E-state index is -0.275. The molecule has 2 aromatic carbocycles. The summed E-state index contributed by atoms with van der Waals surface area (Å²) in [5.41, 5.74) is 2.27. The maximum absolute atomic E-state index is 13.5. The number of benzene rings is 2. The number of hydrogen-bond donors (Lipinski definition) is 2. The van der Waals surface area contributed by atoms with Crippen LogP contribution in [0.15, 0.2) is 48.5 Å². The number of carbonyl (C=O) groups is 1. The van der Waals surface area contributed by atoms with Gasteiger partial charge in [0.1, 0.15) is 5.82 Å². The van der Waals surface area contributed by atoms with Crippen molar-refractivity contribution < 1.29 is 14.3 Å². The van der Waals surface area contributed by atoms with Crippen LogP contribution in [-0.2, 0) is 4.79 Å². The van der Waals surface area contributed by atoms with E-state index in [1.807, 2.05) is 30.3 Å². The van der Waals surface area contributed by atoms with Gasteiger partial charge < -0.3 is 15.3 Å². The van der Waals surface area contributed by atoms with Crippen molar-refractivity contribution in [3.8, 4) is 11.1 Å². The summed E-state index contributed by atoms with van der Waals surface area (Å²) in [7, 11) is 0. The van der Waals surface area contributed by atoms with Crippen molar-refractivity contribution in [1.82, 2.24) is 4.90 Å². The number of hydrogen-bond acceptors (Lipinski definition) is 3. The van der Waals surface area contributed by atoms with Crippen LogP contribution in [0.2, 0.25) is 0 Å². The average Bonchev–Trinajstić information content (AvgIpc) is 2.68. The zero-order valence-electron chi connectivity index (χ0n) is 16.6. The average molecular weight is 384 g/mol. The van der Waals surface area contributed by atoms with Crippen LogP contribution in [0.3, 0.4) is 0 Å². The highest BCUT2D eigenvalue weighted by Crippen LogP contribution is 2.26. The number of likely N-dealkylation sites (tertiary alicyclic amines) is 1. The van der Waals surface area contributed by atoms with E-state index in [9.17, 15) is 14.3 Å². The molecule has 3 rings (SSSR count). The predicted molar refractivity (Wildman–Crippen MR) is 110 cm³/mol. The van der Waals surface area contributed by atoms with E-state index in [1.165, 1.54) is 12.1 Å². The molecule has 0 aliphatic carbocycles. The number of nitrogens with zero attached hydrogens (tertiary/aromatic N) is 1. The number of rotatable bonds is 6. The first-order valence-electron chi connectivity index (χ1n) is 9.86. The summed E-state index contributed by atoms with van der Waals surface area (Å²) in [5, 5.41) is 12.5. The predicted octanol–water partition coefficient (Wildman–Crippen LogP) is 4.16. The highest BCUT2D eigenvalue weighted by Gasteiger charge is 2.28. The molecule has 2 N–H and O–H groups in total. The molecule has 1 fully saturated rings. The lowest BCUT2D eigenvalue weighted by Gasteiger charge is -2.36. The molecule has 1 amide bonds. The monoisotopic (exact) mass is 384 g/mol. The van der Waals surface area contributed by atoms with Crippen LogP contribution in [-0.4, -0.2) is 42.2 Å². The first-order valence-corrected chi connectivity index (χ1v) is 9.86. The molecule has 0 aromatic heterocycles. The summed E-state index contributed by atoms with van der Waals surface area (Å²) in [6, 6.07) is 14.0. The molecule has 28 heavy (non-hydrogen) atoms. The number of anilines is 1. The van der Waals surface area contributed by atoms with Crippen LogP contribution in [0.5, 0.6) is 0 Å². The van der Waals surface area contributed by atoms with Gasteiger partial charge in [0.15, 0.2) is 0 Å². The molecule has 0 bridgehead atoms. The van der Waals surface area contributed by atoms with E-state index in [2.05, 4.69) is 24.1 Å². The van der Waals surface area contributed by atoms with Crippen LogP contribution in [0, 0.1) is 17.2 Å². The summed E-state index contributed by atoms with van der Waals surface area (Å²) in [6.45, 7) is 6.84. The second kappa shape index (κ2) is 8.84. The molecular formula is C23H29FN2O2. The summed E-state index contributed by atoms with van der Waals surface area (Å²) >= 11 is 0. The Kier molecular flexibility index (Phi) is 6.47. The van der Waals surface area contributed by atoms with Crippen LogP contribution >= 0.6 is 0 Å². The SMILES string of the molecule is CC(C)(CO)CN1CCC(C(=O)Nc2cccc(-c3cccc(F)c3)c2)CC1. The summed E-state index contributed by atoms with van der Waals surface area (Å²) in [4.78, 5) is 15.0. The van der Waals surface area contributed by atoms with E-state index in [-0.39, 0.29) is 29.7 Å². The molecule has 1 aliphatic rings. The fourth-order valence-corrected chi connectivity index (χ4v) is 3.70. The number of amides is 1. The van der Waals surface area contributed by atoms with Crippen molar-refractivity contribution in [1.29, 1.82) is 0 Å². The van der Waals surface area contributed by atoms with Crippen LogP contribution < -0.4 is 5.32 Å². The third-order valence-electron chi connectivity index (χ3n) is 5.33. The summed E-state index contributed by atoms with van der Waals surface area (Å²) < 4.78 is 13.5. The Balaban J connectivity index is 1.58. The van der Waals surface area contributed by atoms with E-state index in [0.717, 1.165) is 49.3 Å². The maximum atomic E-state index is 13.5. The van der Waals surface area contributed by atoms with Gasteiger partial charge in [-0.05, 0) is 61.3 Å². The van der Waals surface area contributed by atoms with E-state index in [4.69, 9.17) is 0 Å². The first kappa shape index (κ1) is 20.5. The van der Waals surface area contributed by atoms with Crippen molar-refractivity contribution in [2.75, 3.05) is 31.6 Å². The van der Waals surface area contributed by atoms with E-state index >= 15 is 0 Å². The zero-order valence-corrected chi connectivity index (χ0v) is 16.6. The smallest absolute Gasteiger partial charge is 0.227 e. The molecule has 0 saturated carbocycles. The van der Waals surface area contributed by atoms with Crippen LogP contribution in [0.1, 0.15) is 26.7 Å². The van der Waals surface area contributed by atoms with E-state index in [0.29, 0.717) is 0 Å². The number of aliphatic hydroxyl groups is 1. The third kappa shape index (κ3) is 5.40. The molecule has 1 aliphatic heterocycles. The summed E-state index contributed by atoms with van der Waals surface area (Å²) in [6.07, 6.45) is 1.63. The van der Waals surface area contributed by atoms with E-state index < -0.39 is 0 Å². The van der Waals surface area contributed by atoms with Crippen LogP contribution in [0.25, 0.3) is 11.1 Å². The van der Waals surface area contributed by atoms with Crippen molar-refractivity contribution in [3.05, 3.63) is 54.3 Å². The minimum Gasteiger partial charge on any atom is -0.396 e. The molecule has 150 valence electrons. The third-order valence-corrected chi connectivity index (χ3v) is 5.33. The second-order valence-corrected chi connectivity index (χ2v) is 8.45. The standard InChI is InChI=1S/C23H29FN2O2/c1-23(2,16-27)15-26-11-9-17(10-12-26)22(28)25-21-8-4-6-19(14-21)18-5-3-7-20(24)13-18/h3-8,13-14,17,27H,9-12,15-16H2,1-2H3,(H,25,28). The van der Waals surface area contributed by atoms with Gasteiger partial charge in [-0.1, -0.05) is 38.1 Å². The van der Waals surface area contributed by atoms with Gasteiger partial charge >= 0.3 is 0 Å². The van der Waals surface area contributed by atoms with Gasteiger partial charge in [-0.2, -0.15) is 0 Å². The Bertz CT molecular complexity index is 814. The number of piperidine rings is 1. The molecular weight excluding hydrogens is 355 g/mol. The largest absolute Gasteiger partial charge is 0.396 e. The Morgan fingerprint density at radius 2 is 1.79 bits per heavy atom. The number of nitrogens with one attached hydrogen (secondary N) is 1. The molecule has 0 atom stereocenters. The van der Waals surface area contributed by atoms with Crippen molar-refractivity contribution >= 4 is 11.6 Å². The number of aliphatic hydroxyl groups excluding tert-OH is 1. The highest BCUT2D eigenvalue weighted by molar-refractivity contribution is 5.93. The van der Waals surface area contributed by atoms with Gasteiger partial charge in [-0.25, -0.2) is 4.39 Å². The molecule has 0 unspecified atom stereocenters. The Morgan fingerprint density at radius 1 is 1.14 bits per heavy atom. The van der Waals surface area contributed by atoms with Crippen molar-refractivity contribution in [2.45, 2.75) is 26.7 Å². The second-order valence-electron chi connectivity index (χ2n) is 8.45. The maximum Gasteiger partial charge on any atom is 0.227 e. The Labute approximate surface area is 166 Å². The van der Waals surface area contributed by atoms with Gasteiger partial charge in [-0.15, -0.1) is 0 Å². The molecule has 4 nitrogen and oxygen atoms in total. The van der Waals surface area contributed by atoms with Crippen LogP contribution in [0.4, 0.5) is 10.1 Å². The van der Waals surface area contributed by atoms with Gasteiger partial charge in [-0.3, -0.25) is 4.79 Å². The normalized spacial score (nSPS) is 16.1. The molecule has 0 spiro atoms. The fourth-order valence-electron chi connectivity index (χ4n) is 3.70. The van der Waals surface area contributed by atoms with Gasteiger partial charge in [0.25, 0.3) is 0 Å². The number of halogens is 1. The quantitative estimate of drug-likeness (QED) is 0.786. The zero-order chi connectivity index (χ0) is 20.1. The van der Waals surface area contributed by atoms with Crippen molar-refractivity contribution in [3.63, 3.8) is 0 Å². The lowest BCUT2D eigenvalue weighted by atomic mass is 9.90.